The Morgan fingerprint density at radius 3 is 1.53 bits per heavy atom. The average Bonchev–Trinajstić information content (AvgIpc) is 2.66. The van der Waals surface area contributed by atoms with Crippen LogP contribution in [0.3, 0.4) is 0 Å². The first kappa shape index (κ1) is 32.7. The molecule has 0 spiro atoms. The Balaban J connectivity index is 5.25. The largest absolute Gasteiger partial charge is 0.481 e. The van der Waals surface area contributed by atoms with Gasteiger partial charge in [0, 0.05) is 19.6 Å². The first-order chi connectivity index (χ1) is 15.2. The fourth-order valence-electron chi connectivity index (χ4n) is 2.53. The topological polar surface area (TPSA) is 122 Å². The zero-order valence-corrected chi connectivity index (χ0v) is 25.1. The molecule has 0 aliphatic rings. The van der Waals surface area contributed by atoms with Crippen LogP contribution in [0.4, 0.5) is 0 Å². The van der Waals surface area contributed by atoms with E-state index in [4.69, 9.17) is 19.7 Å². The number of nitrogens with zero attached hydrogens (tertiary/aromatic N) is 2. The number of hydrogen-bond donors (Lipinski definition) is 2. The lowest BCUT2D eigenvalue weighted by Gasteiger charge is -2.37. The van der Waals surface area contributed by atoms with Crippen LogP contribution in [0.15, 0.2) is 0 Å². The second-order valence-corrected chi connectivity index (χ2v) is 21.4. The van der Waals surface area contributed by atoms with Gasteiger partial charge in [-0.1, -0.05) is 41.5 Å². The minimum Gasteiger partial charge on any atom is -0.481 e. The Morgan fingerprint density at radius 2 is 1.18 bits per heavy atom. The number of hydrogen-bond acceptors (Lipinski definition) is 6. The van der Waals surface area contributed by atoms with Crippen LogP contribution in [-0.4, -0.2) is 95.3 Å². The monoisotopic (exact) mass is 519 g/mol. The van der Waals surface area contributed by atoms with Gasteiger partial charge < -0.3 is 29.5 Å². The highest BCUT2D eigenvalue weighted by Crippen LogP contribution is 2.37. The summed E-state index contributed by atoms with van der Waals surface area (Å²) in [6.07, 6.45) is -0.175. The van der Waals surface area contributed by atoms with Gasteiger partial charge in [0.2, 0.25) is 11.8 Å². The molecule has 0 radical (unpaired) electrons. The molecule has 9 nitrogen and oxygen atoms in total. The van der Waals surface area contributed by atoms with E-state index in [2.05, 4.69) is 67.7 Å². The average molecular weight is 520 g/mol. The summed E-state index contributed by atoms with van der Waals surface area (Å²) in [6, 6.07) is 0. The van der Waals surface area contributed by atoms with Crippen LogP contribution in [0.5, 0.6) is 0 Å². The van der Waals surface area contributed by atoms with E-state index < -0.39 is 22.6 Å². The van der Waals surface area contributed by atoms with Gasteiger partial charge in [-0.25, -0.2) is 0 Å². The van der Waals surface area contributed by atoms with E-state index in [1.54, 1.807) is 0 Å². The van der Waals surface area contributed by atoms with Crippen molar-refractivity contribution in [2.24, 2.45) is 5.73 Å². The Hall–Kier alpha value is -1.28. The lowest BCUT2D eigenvalue weighted by Crippen LogP contribution is -2.49. The molecule has 2 amide bonds. The molecule has 0 aromatic rings. The van der Waals surface area contributed by atoms with Crippen molar-refractivity contribution in [1.82, 2.24) is 9.80 Å². The molecule has 0 aliphatic carbocycles. The van der Waals surface area contributed by atoms with E-state index in [9.17, 15) is 14.4 Å². The lowest BCUT2D eigenvalue weighted by atomic mass is 10.2. The second-order valence-electron chi connectivity index (χ2n) is 11.8. The molecule has 0 rings (SSSR count). The molecule has 0 atom stereocenters. The molecule has 0 fully saturated rings. The van der Waals surface area contributed by atoms with E-state index >= 15 is 0 Å². The van der Waals surface area contributed by atoms with Crippen LogP contribution in [0.25, 0.3) is 0 Å². The maximum Gasteiger partial charge on any atom is 0.305 e. The number of aliphatic carboxylic acids is 1. The van der Waals surface area contributed by atoms with Gasteiger partial charge in [-0.2, -0.15) is 0 Å². The molecule has 0 saturated carbocycles. The van der Waals surface area contributed by atoms with E-state index in [0.717, 1.165) is 0 Å². The van der Waals surface area contributed by atoms with Gasteiger partial charge in [-0.3, -0.25) is 14.4 Å². The molecule has 0 aromatic heterocycles. The smallest absolute Gasteiger partial charge is 0.305 e. The first-order valence-electron chi connectivity index (χ1n) is 12.0. The second kappa shape index (κ2) is 13.1. The predicted molar refractivity (Wildman–Crippen MR) is 141 cm³/mol. The van der Waals surface area contributed by atoms with Crippen LogP contribution in [-0.2, 0) is 23.2 Å². The predicted octanol–water partition coefficient (Wildman–Crippen LogP) is 3.12. The fraction of sp³-hybridized carbons (Fsp3) is 0.870. The Kier molecular flexibility index (Phi) is 12.7. The SMILES string of the molecule is CC(C)(C)[Si](C)(C)OCCN(CCC(=O)O)C(=O)CN(CCO[Si](C)(C)C(C)(C)C)C(=O)CN. The van der Waals surface area contributed by atoms with Crippen molar-refractivity contribution in [3.05, 3.63) is 0 Å². The Morgan fingerprint density at radius 1 is 0.765 bits per heavy atom. The van der Waals surface area contributed by atoms with Gasteiger partial charge in [-0.05, 0) is 36.3 Å². The Bertz CT molecular complexity index is 687. The molecule has 200 valence electrons. The van der Waals surface area contributed by atoms with Gasteiger partial charge in [0.05, 0.1) is 32.7 Å². The van der Waals surface area contributed by atoms with E-state index in [0.29, 0.717) is 13.2 Å². The summed E-state index contributed by atoms with van der Waals surface area (Å²) in [5.41, 5.74) is 5.58. The number of rotatable bonds is 14. The molecular weight excluding hydrogens is 470 g/mol. The lowest BCUT2D eigenvalue weighted by molar-refractivity contribution is -0.142. The third-order valence-corrected chi connectivity index (χ3v) is 16.1. The maximum atomic E-state index is 13.1. The zero-order chi connectivity index (χ0) is 27.0. The standard InChI is InChI=1S/C23H49N3O6Si2/c1-22(2,3)33(7,8)31-15-13-25(12-11-21(29)30)20(28)18-26(19(27)17-24)14-16-32-34(9,10)23(4,5)6/h11-18,24H2,1-10H3,(H,29,30). The quantitative estimate of drug-likeness (QED) is 0.338. The minimum atomic E-state index is -2.01. The summed E-state index contributed by atoms with van der Waals surface area (Å²) in [6.45, 7) is 22.2. The van der Waals surface area contributed by atoms with Crippen LogP contribution in [0, 0.1) is 0 Å². The first-order valence-corrected chi connectivity index (χ1v) is 17.8. The third kappa shape index (κ3) is 11.0. The van der Waals surface area contributed by atoms with E-state index in [1.165, 1.54) is 9.80 Å². The molecular formula is C23H49N3O6Si2. The van der Waals surface area contributed by atoms with Crippen molar-refractivity contribution in [3.8, 4) is 0 Å². The molecule has 11 heteroatoms. The van der Waals surface area contributed by atoms with Crippen LogP contribution >= 0.6 is 0 Å². The van der Waals surface area contributed by atoms with Crippen molar-refractivity contribution in [1.29, 1.82) is 0 Å². The molecule has 0 saturated heterocycles. The van der Waals surface area contributed by atoms with Gasteiger partial charge >= 0.3 is 5.97 Å². The summed E-state index contributed by atoms with van der Waals surface area (Å²) in [7, 11) is -4.00. The summed E-state index contributed by atoms with van der Waals surface area (Å²) in [5.74, 6) is -1.65. The molecule has 0 heterocycles. The molecule has 0 aliphatic heterocycles. The number of carbonyl (C=O) groups is 3. The van der Waals surface area contributed by atoms with Gasteiger partial charge in [0.25, 0.3) is 0 Å². The molecule has 0 aromatic carbocycles. The highest BCUT2D eigenvalue weighted by molar-refractivity contribution is 6.74. The van der Waals surface area contributed by atoms with Gasteiger partial charge in [0.1, 0.15) is 0 Å². The zero-order valence-electron chi connectivity index (χ0n) is 23.1. The highest BCUT2D eigenvalue weighted by atomic mass is 28.4. The van der Waals surface area contributed by atoms with Crippen LogP contribution < -0.4 is 5.73 Å². The van der Waals surface area contributed by atoms with Gasteiger partial charge in [0.15, 0.2) is 16.6 Å². The molecule has 0 unspecified atom stereocenters. The van der Waals surface area contributed by atoms with Crippen molar-refractivity contribution in [2.45, 2.75) is 84.2 Å². The molecule has 3 N–H and O–H groups in total. The van der Waals surface area contributed by atoms with Crippen LogP contribution in [0.2, 0.25) is 36.3 Å². The molecule has 34 heavy (non-hydrogen) atoms. The number of amides is 2. The summed E-state index contributed by atoms with van der Waals surface area (Å²) < 4.78 is 12.3. The fourth-order valence-corrected chi connectivity index (χ4v) is 4.60. The van der Waals surface area contributed by atoms with Crippen LogP contribution in [0.1, 0.15) is 48.0 Å². The van der Waals surface area contributed by atoms with Crippen molar-refractivity contribution in [3.63, 3.8) is 0 Å². The molecule has 0 bridgehead atoms. The summed E-state index contributed by atoms with van der Waals surface area (Å²) in [5, 5.41) is 9.17. The summed E-state index contributed by atoms with van der Waals surface area (Å²) >= 11 is 0. The highest BCUT2D eigenvalue weighted by Gasteiger charge is 2.38. The number of carbonyl (C=O) groups excluding carboxylic acids is 2. The van der Waals surface area contributed by atoms with Gasteiger partial charge in [-0.15, -0.1) is 0 Å². The summed E-state index contributed by atoms with van der Waals surface area (Å²) in [4.78, 5) is 39.5. The minimum absolute atomic E-state index is 0.0252. The van der Waals surface area contributed by atoms with Crippen molar-refractivity contribution in [2.75, 3.05) is 45.9 Å². The normalized spacial score (nSPS) is 13.0. The number of nitrogens with two attached hydrogens (primary N) is 1. The number of carboxylic acid groups (broad SMARTS) is 1. The Labute approximate surface area is 208 Å². The van der Waals surface area contributed by atoms with Crippen molar-refractivity contribution >= 4 is 34.4 Å². The third-order valence-electron chi connectivity index (χ3n) is 7.06. The van der Waals surface area contributed by atoms with Crippen molar-refractivity contribution < 1.29 is 28.3 Å². The van der Waals surface area contributed by atoms with E-state index in [1.807, 2.05) is 0 Å². The van der Waals surface area contributed by atoms with E-state index in [-0.39, 0.29) is 61.0 Å². The maximum absolute atomic E-state index is 13.1. The number of carboxylic acids is 1.